The van der Waals surface area contributed by atoms with E-state index in [-0.39, 0.29) is 17.6 Å². The van der Waals surface area contributed by atoms with E-state index in [1.165, 1.54) is 11.8 Å². The largest absolute Gasteiger partial charge is 0.472 e. The van der Waals surface area contributed by atoms with Crippen molar-refractivity contribution in [2.24, 2.45) is 5.41 Å². The van der Waals surface area contributed by atoms with Gasteiger partial charge in [-0.2, -0.15) is 5.26 Å². The zero-order valence-electron chi connectivity index (χ0n) is 15.8. The monoisotopic (exact) mass is 376 g/mol. The zero-order valence-corrected chi connectivity index (χ0v) is 15.8. The van der Waals surface area contributed by atoms with Crippen LogP contribution < -0.4 is 10.1 Å². The Bertz CT molecular complexity index is 856. The Hall–Kier alpha value is -3.07. The summed E-state index contributed by atoms with van der Waals surface area (Å²) in [7, 11) is 0. The molecule has 6 heteroatoms. The van der Waals surface area contributed by atoms with E-state index in [1.54, 1.807) is 12.1 Å². The molecule has 28 heavy (non-hydrogen) atoms. The van der Waals surface area contributed by atoms with Gasteiger partial charge < -0.3 is 15.0 Å². The summed E-state index contributed by atoms with van der Waals surface area (Å²) < 4.78 is 5.85. The number of amides is 2. The Kier molecular flexibility index (Phi) is 5.16. The summed E-state index contributed by atoms with van der Waals surface area (Å²) in [5.41, 5.74) is 2.06. The van der Waals surface area contributed by atoms with Crippen LogP contribution in [0.5, 0.6) is 5.88 Å². The first-order valence-electron chi connectivity index (χ1n) is 9.75. The number of aromatic nitrogens is 1. The third-order valence-corrected chi connectivity index (χ3v) is 5.58. The molecule has 2 heterocycles. The van der Waals surface area contributed by atoms with E-state index >= 15 is 0 Å². The number of nitrogens with one attached hydrogen (secondary N) is 1. The SMILES string of the molecule is N#Cc1ccc(OC2CCN(C(=O)NCC3(Cc4ccccc4)CC3)C2)nc1. The average molecular weight is 376 g/mol. The maximum absolute atomic E-state index is 12.6. The van der Waals surface area contributed by atoms with Crippen LogP contribution in [0.2, 0.25) is 0 Å². The number of pyridine rings is 1. The lowest BCUT2D eigenvalue weighted by Gasteiger charge is -2.21. The second-order valence-corrected chi connectivity index (χ2v) is 7.79. The molecule has 2 amide bonds. The summed E-state index contributed by atoms with van der Waals surface area (Å²) in [4.78, 5) is 18.5. The number of ether oxygens (including phenoxy) is 1. The van der Waals surface area contributed by atoms with Gasteiger partial charge in [0.25, 0.3) is 0 Å². The molecule has 2 aliphatic rings. The van der Waals surface area contributed by atoms with Gasteiger partial charge in [0.1, 0.15) is 12.2 Å². The molecule has 1 unspecified atom stereocenters. The van der Waals surface area contributed by atoms with E-state index in [9.17, 15) is 4.79 Å². The molecule has 0 bridgehead atoms. The number of carbonyl (C=O) groups is 1. The Labute approximate surface area is 165 Å². The van der Waals surface area contributed by atoms with Gasteiger partial charge >= 0.3 is 6.03 Å². The summed E-state index contributed by atoms with van der Waals surface area (Å²) >= 11 is 0. The average Bonchev–Trinajstić information content (AvgIpc) is 3.33. The van der Waals surface area contributed by atoms with Gasteiger partial charge in [0.15, 0.2) is 0 Å². The number of carbonyl (C=O) groups excluding carboxylic acids is 1. The second-order valence-electron chi connectivity index (χ2n) is 7.79. The molecule has 2 fully saturated rings. The molecular formula is C22H24N4O2. The van der Waals surface area contributed by atoms with E-state index in [2.05, 4.69) is 34.6 Å². The number of hydrogen-bond donors (Lipinski definition) is 1. The summed E-state index contributed by atoms with van der Waals surface area (Å²) in [6, 6.07) is 15.9. The molecule has 144 valence electrons. The predicted octanol–water partition coefficient (Wildman–Crippen LogP) is 3.14. The molecule has 1 saturated heterocycles. The third kappa shape index (κ3) is 4.42. The molecular weight excluding hydrogens is 352 g/mol. The topological polar surface area (TPSA) is 78.2 Å². The lowest BCUT2D eigenvalue weighted by molar-refractivity contribution is 0.182. The summed E-state index contributed by atoms with van der Waals surface area (Å²) in [5.74, 6) is 0.492. The van der Waals surface area contributed by atoms with E-state index in [0.717, 1.165) is 32.2 Å². The molecule has 1 aromatic carbocycles. The summed E-state index contributed by atoms with van der Waals surface area (Å²) in [6.07, 6.45) is 5.56. The van der Waals surface area contributed by atoms with Crippen LogP contribution in [-0.2, 0) is 6.42 Å². The highest BCUT2D eigenvalue weighted by atomic mass is 16.5. The number of nitriles is 1. The molecule has 0 spiro atoms. The van der Waals surface area contributed by atoms with Gasteiger partial charge in [0, 0.05) is 31.8 Å². The van der Waals surface area contributed by atoms with Crippen molar-refractivity contribution in [2.45, 2.75) is 31.8 Å². The quantitative estimate of drug-likeness (QED) is 0.840. The first kappa shape index (κ1) is 18.3. The van der Waals surface area contributed by atoms with E-state index in [4.69, 9.17) is 10.00 Å². The van der Waals surface area contributed by atoms with Gasteiger partial charge in [-0.05, 0) is 36.3 Å². The Balaban J connectivity index is 1.24. The Morgan fingerprint density at radius 1 is 1.29 bits per heavy atom. The maximum atomic E-state index is 12.6. The van der Waals surface area contributed by atoms with E-state index in [0.29, 0.717) is 24.5 Å². The molecule has 1 saturated carbocycles. The van der Waals surface area contributed by atoms with Crippen LogP contribution in [-0.4, -0.2) is 41.7 Å². The van der Waals surface area contributed by atoms with Gasteiger partial charge in [-0.3, -0.25) is 0 Å². The van der Waals surface area contributed by atoms with Crippen LogP contribution in [0.4, 0.5) is 4.79 Å². The van der Waals surface area contributed by atoms with E-state index < -0.39 is 0 Å². The highest BCUT2D eigenvalue weighted by molar-refractivity contribution is 5.74. The molecule has 1 aliphatic carbocycles. The minimum absolute atomic E-state index is 0.0155. The Morgan fingerprint density at radius 3 is 2.79 bits per heavy atom. The smallest absolute Gasteiger partial charge is 0.317 e. The Morgan fingerprint density at radius 2 is 2.11 bits per heavy atom. The van der Waals surface area contributed by atoms with Crippen LogP contribution in [0.1, 0.15) is 30.4 Å². The number of rotatable bonds is 6. The van der Waals surface area contributed by atoms with Crippen molar-refractivity contribution in [3.8, 4) is 11.9 Å². The fourth-order valence-electron chi connectivity index (χ4n) is 3.69. The molecule has 1 aliphatic heterocycles. The highest BCUT2D eigenvalue weighted by Gasteiger charge is 2.43. The molecule has 1 N–H and O–H groups in total. The number of urea groups is 1. The second kappa shape index (κ2) is 7.89. The van der Waals surface area contributed by atoms with Crippen LogP contribution in [0.15, 0.2) is 48.7 Å². The van der Waals surface area contributed by atoms with Crippen LogP contribution in [0.25, 0.3) is 0 Å². The lowest BCUT2D eigenvalue weighted by Crippen LogP contribution is -2.42. The highest BCUT2D eigenvalue weighted by Crippen LogP contribution is 2.47. The first-order chi connectivity index (χ1) is 13.7. The number of benzene rings is 1. The molecule has 1 atom stereocenters. The van der Waals surface area contributed by atoms with Gasteiger partial charge in [-0.25, -0.2) is 9.78 Å². The standard InChI is InChI=1S/C22H24N4O2/c23-13-18-6-7-20(24-14-18)28-19-8-11-26(15-19)21(27)25-16-22(9-10-22)12-17-4-2-1-3-5-17/h1-7,14,19H,8-12,15-16H2,(H,25,27). The molecule has 2 aromatic rings. The van der Waals surface area contributed by atoms with Crippen LogP contribution in [0.3, 0.4) is 0 Å². The van der Waals surface area contributed by atoms with Crippen molar-refractivity contribution in [3.63, 3.8) is 0 Å². The van der Waals surface area contributed by atoms with E-state index in [1.807, 2.05) is 17.0 Å². The number of nitrogens with zero attached hydrogens (tertiary/aromatic N) is 3. The van der Waals surface area contributed by atoms with Crippen molar-refractivity contribution >= 4 is 6.03 Å². The minimum Gasteiger partial charge on any atom is -0.472 e. The summed E-state index contributed by atoms with van der Waals surface area (Å²) in [5, 5.41) is 11.9. The zero-order chi connectivity index (χ0) is 19.4. The van der Waals surface area contributed by atoms with Crippen molar-refractivity contribution < 1.29 is 9.53 Å². The van der Waals surface area contributed by atoms with Gasteiger partial charge in [0.05, 0.1) is 12.1 Å². The maximum Gasteiger partial charge on any atom is 0.317 e. The normalized spacial score (nSPS) is 19.7. The van der Waals surface area contributed by atoms with Crippen LogP contribution >= 0.6 is 0 Å². The first-order valence-corrected chi connectivity index (χ1v) is 9.75. The van der Waals surface area contributed by atoms with Gasteiger partial charge in [-0.15, -0.1) is 0 Å². The van der Waals surface area contributed by atoms with Crippen molar-refractivity contribution in [1.29, 1.82) is 5.26 Å². The van der Waals surface area contributed by atoms with Crippen molar-refractivity contribution in [3.05, 3.63) is 59.8 Å². The van der Waals surface area contributed by atoms with Crippen molar-refractivity contribution in [2.75, 3.05) is 19.6 Å². The van der Waals surface area contributed by atoms with Crippen molar-refractivity contribution in [1.82, 2.24) is 15.2 Å². The number of hydrogen-bond acceptors (Lipinski definition) is 4. The molecule has 6 nitrogen and oxygen atoms in total. The molecule has 4 rings (SSSR count). The number of likely N-dealkylation sites (tertiary alicyclic amines) is 1. The van der Waals surface area contributed by atoms with Gasteiger partial charge in [0.2, 0.25) is 5.88 Å². The van der Waals surface area contributed by atoms with Crippen LogP contribution in [0, 0.1) is 16.7 Å². The summed E-state index contributed by atoms with van der Waals surface area (Å²) in [6.45, 7) is 1.96. The molecule has 1 aromatic heterocycles. The fourth-order valence-corrected chi connectivity index (χ4v) is 3.69. The third-order valence-electron chi connectivity index (χ3n) is 5.58. The fraction of sp³-hybridized carbons (Fsp3) is 0.409. The predicted molar refractivity (Wildman–Crippen MR) is 105 cm³/mol. The molecule has 0 radical (unpaired) electrons. The lowest BCUT2D eigenvalue weighted by atomic mass is 9.96. The minimum atomic E-state index is -0.0645. The van der Waals surface area contributed by atoms with Gasteiger partial charge in [-0.1, -0.05) is 30.3 Å².